The molecule has 0 aromatic carbocycles. The van der Waals surface area contributed by atoms with Gasteiger partial charge in [0.25, 0.3) is 0 Å². The number of amides is 1. The van der Waals surface area contributed by atoms with Crippen LogP contribution in [0.15, 0.2) is 0 Å². The molecule has 2 aliphatic heterocycles. The average Bonchev–Trinajstić information content (AvgIpc) is 2.91. The summed E-state index contributed by atoms with van der Waals surface area (Å²) >= 11 is 0. The van der Waals surface area contributed by atoms with E-state index in [-0.39, 0.29) is 18.1 Å². The molecule has 1 N–H and O–H groups in total. The second-order valence-electron chi connectivity index (χ2n) is 7.24. The number of β-amino-alcohol motifs (C(OH)–C–C–N with tert-alkyl or cyclic N) is 1. The van der Waals surface area contributed by atoms with Crippen molar-refractivity contribution < 1.29 is 9.90 Å². The first-order valence-electron chi connectivity index (χ1n) is 8.94. The zero-order valence-electron chi connectivity index (χ0n) is 13.2. The quantitative estimate of drug-likeness (QED) is 0.866. The minimum Gasteiger partial charge on any atom is -0.390 e. The Morgan fingerprint density at radius 1 is 0.952 bits per heavy atom. The van der Waals surface area contributed by atoms with E-state index >= 15 is 0 Å². The number of hydrogen-bond acceptors (Lipinski definition) is 3. The van der Waals surface area contributed by atoms with Crippen LogP contribution in [0.2, 0.25) is 0 Å². The second kappa shape index (κ2) is 7.10. The number of aliphatic hydroxyl groups is 1. The van der Waals surface area contributed by atoms with E-state index in [0.717, 1.165) is 19.6 Å². The maximum absolute atomic E-state index is 12.5. The van der Waals surface area contributed by atoms with Gasteiger partial charge in [0.05, 0.1) is 12.1 Å². The van der Waals surface area contributed by atoms with E-state index < -0.39 is 0 Å². The van der Waals surface area contributed by atoms with Gasteiger partial charge in [-0.2, -0.15) is 0 Å². The third kappa shape index (κ3) is 3.78. The van der Waals surface area contributed by atoms with Crippen molar-refractivity contribution in [3.63, 3.8) is 0 Å². The van der Waals surface area contributed by atoms with Gasteiger partial charge >= 0.3 is 0 Å². The summed E-state index contributed by atoms with van der Waals surface area (Å²) in [4.78, 5) is 16.8. The van der Waals surface area contributed by atoms with Crippen molar-refractivity contribution >= 4 is 5.91 Å². The summed E-state index contributed by atoms with van der Waals surface area (Å²) < 4.78 is 0. The lowest BCUT2D eigenvalue weighted by molar-refractivity contribution is -0.131. The van der Waals surface area contributed by atoms with Gasteiger partial charge in [0.2, 0.25) is 5.91 Å². The zero-order chi connectivity index (χ0) is 14.7. The van der Waals surface area contributed by atoms with Crippen LogP contribution in [-0.4, -0.2) is 59.1 Å². The molecular weight excluding hydrogens is 264 g/mol. The first kappa shape index (κ1) is 15.3. The molecule has 2 atom stereocenters. The molecule has 3 aliphatic rings. The summed E-state index contributed by atoms with van der Waals surface area (Å²) in [5.74, 6) is 0.873. The molecule has 3 fully saturated rings. The zero-order valence-corrected chi connectivity index (χ0v) is 13.2. The SMILES string of the molecule is O=C(CC1CCCCC1)N1C[C@H](O)[C@@H](N2CCCCC2)C1. The lowest BCUT2D eigenvalue weighted by Gasteiger charge is -2.33. The molecule has 0 aromatic heterocycles. The van der Waals surface area contributed by atoms with Gasteiger partial charge < -0.3 is 10.0 Å². The van der Waals surface area contributed by atoms with Crippen LogP contribution in [0.5, 0.6) is 0 Å². The Morgan fingerprint density at radius 3 is 2.33 bits per heavy atom. The Balaban J connectivity index is 1.50. The number of piperidine rings is 1. The van der Waals surface area contributed by atoms with Crippen molar-refractivity contribution in [3.05, 3.63) is 0 Å². The standard InChI is InChI=1S/C17H30N2O2/c20-16-13-19(12-15(16)18-9-5-2-6-10-18)17(21)11-14-7-3-1-4-8-14/h14-16,20H,1-13H2/t15-,16-/m0/s1. The van der Waals surface area contributed by atoms with Crippen LogP contribution in [0.4, 0.5) is 0 Å². The van der Waals surface area contributed by atoms with Crippen LogP contribution in [0.1, 0.15) is 57.8 Å². The highest BCUT2D eigenvalue weighted by Gasteiger charge is 2.38. The Kier molecular flexibility index (Phi) is 5.17. The van der Waals surface area contributed by atoms with Gasteiger partial charge in [0.15, 0.2) is 0 Å². The van der Waals surface area contributed by atoms with Crippen LogP contribution in [0.3, 0.4) is 0 Å². The van der Waals surface area contributed by atoms with E-state index in [9.17, 15) is 9.90 Å². The van der Waals surface area contributed by atoms with Crippen LogP contribution in [0, 0.1) is 5.92 Å². The summed E-state index contributed by atoms with van der Waals surface area (Å²) in [6.45, 7) is 3.47. The number of likely N-dealkylation sites (tertiary alicyclic amines) is 2. The van der Waals surface area contributed by atoms with E-state index in [1.807, 2.05) is 4.90 Å². The summed E-state index contributed by atoms with van der Waals surface area (Å²) in [6.07, 6.45) is 10.5. The largest absolute Gasteiger partial charge is 0.390 e. The maximum atomic E-state index is 12.5. The van der Waals surface area contributed by atoms with Gasteiger partial charge in [-0.1, -0.05) is 25.7 Å². The molecule has 0 unspecified atom stereocenters. The molecule has 1 amide bonds. The minimum atomic E-state index is -0.349. The van der Waals surface area contributed by atoms with Crippen LogP contribution < -0.4 is 0 Å². The molecule has 4 heteroatoms. The number of aliphatic hydroxyl groups excluding tert-OH is 1. The predicted molar refractivity (Wildman–Crippen MR) is 83.0 cm³/mol. The van der Waals surface area contributed by atoms with E-state index in [4.69, 9.17) is 0 Å². The smallest absolute Gasteiger partial charge is 0.222 e. The predicted octanol–water partition coefficient (Wildman–Crippen LogP) is 2.01. The summed E-state index contributed by atoms with van der Waals surface area (Å²) in [5.41, 5.74) is 0. The van der Waals surface area contributed by atoms with Crippen molar-refractivity contribution in [1.82, 2.24) is 9.80 Å². The third-order valence-electron chi connectivity index (χ3n) is 5.66. The molecule has 2 heterocycles. The van der Waals surface area contributed by atoms with E-state index in [1.165, 1.54) is 51.4 Å². The van der Waals surface area contributed by atoms with Crippen molar-refractivity contribution in [2.75, 3.05) is 26.2 Å². The lowest BCUT2D eigenvalue weighted by Crippen LogP contribution is -2.46. The highest BCUT2D eigenvalue weighted by molar-refractivity contribution is 5.77. The van der Waals surface area contributed by atoms with Gasteiger partial charge in [-0.05, 0) is 44.7 Å². The molecule has 1 aliphatic carbocycles. The number of hydrogen-bond donors (Lipinski definition) is 1. The summed E-state index contributed by atoms with van der Waals surface area (Å²) in [7, 11) is 0. The first-order valence-corrected chi connectivity index (χ1v) is 8.94. The molecule has 4 nitrogen and oxygen atoms in total. The van der Waals surface area contributed by atoms with E-state index in [1.54, 1.807) is 0 Å². The number of nitrogens with zero attached hydrogens (tertiary/aromatic N) is 2. The highest BCUT2D eigenvalue weighted by atomic mass is 16.3. The fourth-order valence-electron chi connectivity index (χ4n) is 4.35. The molecule has 21 heavy (non-hydrogen) atoms. The van der Waals surface area contributed by atoms with E-state index in [2.05, 4.69) is 4.90 Å². The lowest BCUT2D eigenvalue weighted by atomic mass is 9.87. The molecule has 3 rings (SSSR count). The van der Waals surface area contributed by atoms with E-state index in [0.29, 0.717) is 18.9 Å². The number of carbonyl (C=O) groups is 1. The topological polar surface area (TPSA) is 43.8 Å². The number of rotatable bonds is 3. The summed E-state index contributed by atoms with van der Waals surface area (Å²) in [5, 5.41) is 10.3. The van der Waals surface area contributed by atoms with Crippen molar-refractivity contribution in [2.45, 2.75) is 69.9 Å². The average molecular weight is 294 g/mol. The highest BCUT2D eigenvalue weighted by Crippen LogP contribution is 2.28. The monoisotopic (exact) mass is 294 g/mol. The molecule has 0 radical (unpaired) electrons. The van der Waals surface area contributed by atoms with Gasteiger partial charge in [-0.25, -0.2) is 0 Å². The molecule has 1 saturated carbocycles. The van der Waals surface area contributed by atoms with Gasteiger partial charge in [0, 0.05) is 19.5 Å². The van der Waals surface area contributed by atoms with Gasteiger partial charge in [-0.15, -0.1) is 0 Å². The van der Waals surface area contributed by atoms with Crippen LogP contribution >= 0.6 is 0 Å². The maximum Gasteiger partial charge on any atom is 0.222 e. The Morgan fingerprint density at radius 2 is 1.62 bits per heavy atom. The fraction of sp³-hybridized carbons (Fsp3) is 0.941. The second-order valence-corrected chi connectivity index (χ2v) is 7.24. The number of carbonyl (C=O) groups excluding carboxylic acids is 1. The molecular formula is C17H30N2O2. The Bertz CT molecular complexity index is 349. The van der Waals surface area contributed by atoms with Gasteiger partial charge in [0.1, 0.15) is 0 Å². The third-order valence-corrected chi connectivity index (χ3v) is 5.66. The Labute approximate surface area is 128 Å². The minimum absolute atomic E-state index is 0.181. The Hall–Kier alpha value is -0.610. The summed E-state index contributed by atoms with van der Waals surface area (Å²) in [6, 6.07) is 0.181. The first-order chi connectivity index (χ1) is 10.2. The molecule has 2 saturated heterocycles. The van der Waals surface area contributed by atoms with Crippen molar-refractivity contribution in [3.8, 4) is 0 Å². The van der Waals surface area contributed by atoms with Crippen LogP contribution in [0.25, 0.3) is 0 Å². The van der Waals surface area contributed by atoms with Crippen molar-refractivity contribution in [2.24, 2.45) is 5.92 Å². The van der Waals surface area contributed by atoms with Crippen LogP contribution in [-0.2, 0) is 4.79 Å². The molecule has 0 aromatic rings. The molecule has 120 valence electrons. The van der Waals surface area contributed by atoms with Crippen molar-refractivity contribution in [1.29, 1.82) is 0 Å². The molecule has 0 spiro atoms. The van der Waals surface area contributed by atoms with Gasteiger partial charge in [-0.3, -0.25) is 9.69 Å². The normalized spacial score (nSPS) is 32.5. The molecule has 0 bridgehead atoms. The fourth-order valence-corrected chi connectivity index (χ4v) is 4.35.